The number of aromatic amines is 1. The molecule has 0 unspecified atom stereocenters. The van der Waals surface area contributed by atoms with Crippen molar-refractivity contribution in [2.45, 2.75) is 6.54 Å². The zero-order chi connectivity index (χ0) is 18.1. The van der Waals surface area contributed by atoms with Crippen molar-refractivity contribution in [2.75, 3.05) is 5.32 Å². The molecule has 9 heteroatoms. The Morgan fingerprint density at radius 1 is 1.23 bits per heavy atom. The number of nitro groups is 1. The van der Waals surface area contributed by atoms with Gasteiger partial charge in [-0.05, 0) is 30.3 Å². The third kappa shape index (κ3) is 3.29. The van der Waals surface area contributed by atoms with E-state index in [2.05, 4.69) is 36.3 Å². The Morgan fingerprint density at radius 3 is 2.81 bits per heavy atom. The van der Waals surface area contributed by atoms with E-state index in [1.807, 2.05) is 24.4 Å². The maximum Gasteiger partial charge on any atom is 0.269 e. The van der Waals surface area contributed by atoms with Crippen molar-refractivity contribution >= 4 is 38.6 Å². The Balaban J connectivity index is 1.46. The number of H-pyrrole nitrogens is 1. The van der Waals surface area contributed by atoms with Crippen molar-refractivity contribution in [2.24, 2.45) is 0 Å². The van der Waals surface area contributed by atoms with Crippen LogP contribution in [0, 0.1) is 10.1 Å². The van der Waals surface area contributed by atoms with Crippen LogP contribution in [-0.4, -0.2) is 24.7 Å². The van der Waals surface area contributed by atoms with E-state index < -0.39 is 4.92 Å². The minimum Gasteiger partial charge on any atom is -0.352 e. The SMILES string of the molecule is O=[N+]([O-])c1ccc(-n2cc(CNc3nc4ccc(Br)cc4[nH]3)cn2)cc1. The Kier molecular flexibility index (Phi) is 4.13. The number of rotatable bonds is 5. The highest BCUT2D eigenvalue weighted by Gasteiger charge is 2.07. The van der Waals surface area contributed by atoms with Crippen LogP contribution in [0.25, 0.3) is 16.7 Å². The normalized spacial score (nSPS) is 11.0. The van der Waals surface area contributed by atoms with Gasteiger partial charge >= 0.3 is 0 Å². The molecule has 2 heterocycles. The van der Waals surface area contributed by atoms with Crippen molar-refractivity contribution in [3.63, 3.8) is 0 Å². The highest BCUT2D eigenvalue weighted by atomic mass is 79.9. The average Bonchev–Trinajstić information content (AvgIpc) is 3.26. The minimum atomic E-state index is -0.423. The maximum absolute atomic E-state index is 10.7. The van der Waals surface area contributed by atoms with Crippen molar-refractivity contribution < 1.29 is 4.92 Å². The van der Waals surface area contributed by atoms with Crippen LogP contribution >= 0.6 is 15.9 Å². The smallest absolute Gasteiger partial charge is 0.269 e. The fourth-order valence-electron chi connectivity index (χ4n) is 2.57. The lowest BCUT2D eigenvalue weighted by atomic mass is 10.3. The van der Waals surface area contributed by atoms with Crippen LogP contribution in [0.5, 0.6) is 0 Å². The topological polar surface area (TPSA) is 102 Å². The van der Waals surface area contributed by atoms with E-state index in [1.165, 1.54) is 12.1 Å². The first-order valence-electron chi connectivity index (χ1n) is 7.76. The third-order valence-corrected chi connectivity index (χ3v) is 4.36. The Bertz CT molecular complexity index is 1090. The zero-order valence-corrected chi connectivity index (χ0v) is 15.0. The molecule has 4 rings (SSSR count). The van der Waals surface area contributed by atoms with Crippen molar-refractivity contribution in [3.8, 4) is 5.69 Å². The predicted octanol–water partition coefficient (Wildman–Crippen LogP) is 4.03. The molecule has 0 saturated carbocycles. The molecule has 2 aromatic heterocycles. The first-order valence-corrected chi connectivity index (χ1v) is 8.55. The van der Waals surface area contributed by atoms with Gasteiger partial charge in [-0.2, -0.15) is 5.10 Å². The van der Waals surface area contributed by atoms with Gasteiger partial charge in [0.15, 0.2) is 0 Å². The van der Waals surface area contributed by atoms with E-state index >= 15 is 0 Å². The van der Waals surface area contributed by atoms with Crippen LogP contribution < -0.4 is 5.32 Å². The number of hydrogen-bond acceptors (Lipinski definition) is 5. The summed E-state index contributed by atoms with van der Waals surface area (Å²) in [5.41, 5.74) is 3.61. The molecule has 0 fully saturated rings. The summed E-state index contributed by atoms with van der Waals surface area (Å²) in [6, 6.07) is 12.1. The van der Waals surface area contributed by atoms with Gasteiger partial charge in [-0.15, -0.1) is 0 Å². The second-order valence-electron chi connectivity index (χ2n) is 5.67. The summed E-state index contributed by atoms with van der Waals surface area (Å²) in [5, 5.41) is 18.3. The van der Waals surface area contributed by atoms with Crippen LogP contribution in [0.3, 0.4) is 0 Å². The second kappa shape index (κ2) is 6.60. The molecule has 0 aliphatic rings. The first kappa shape index (κ1) is 16.3. The minimum absolute atomic E-state index is 0.0549. The Hall–Kier alpha value is -3.20. The summed E-state index contributed by atoms with van der Waals surface area (Å²) < 4.78 is 2.67. The van der Waals surface area contributed by atoms with Crippen molar-refractivity contribution in [1.82, 2.24) is 19.7 Å². The highest BCUT2D eigenvalue weighted by molar-refractivity contribution is 9.10. The lowest BCUT2D eigenvalue weighted by Crippen LogP contribution is -2.00. The van der Waals surface area contributed by atoms with Gasteiger partial charge in [-0.1, -0.05) is 15.9 Å². The molecule has 0 atom stereocenters. The number of imidazole rings is 1. The van der Waals surface area contributed by atoms with E-state index in [4.69, 9.17) is 0 Å². The van der Waals surface area contributed by atoms with E-state index in [-0.39, 0.29) is 5.69 Å². The summed E-state index contributed by atoms with van der Waals surface area (Å²) in [4.78, 5) is 18.0. The molecule has 0 radical (unpaired) electrons. The fraction of sp³-hybridized carbons (Fsp3) is 0.0588. The standard InChI is InChI=1S/C17H13BrN6O2/c18-12-1-6-15-16(7-12)22-17(21-15)19-8-11-9-20-23(10-11)13-2-4-14(5-3-13)24(25)26/h1-7,9-10H,8H2,(H2,19,21,22). The number of anilines is 1. The number of nitrogens with one attached hydrogen (secondary N) is 2. The summed E-state index contributed by atoms with van der Waals surface area (Å²) in [5.74, 6) is 0.682. The Labute approximate surface area is 156 Å². The number of benzene rings is 2. The lowest BCUT2D eigenvalue weighted by Gasteiger charge is -2.01. The van der Waals surface area contributed by atoms with E-state index in [0.717, 1.165) is 26.8 Å². The summed E-state index contributed by atoms with van der Waals surface area (Å²) in [6.45, 7) is 0.550. The van der Waals surface area contributed by atoms with Gasteiger partial charge in [0.05, 0.1) is 27.8 Å². The average molecular weight is 413 g/mol. The van der Waals surface area contributed by atoms with Crippen LogP contribution in [0.2, 0.25) is 0 Å². The Morgan fingerprint density at radius 2 is 2.04 bits per heavy atom. The molecule has 130 valence electrons. The van der Waals surface area contributed by atoms with E-state index in [1.54, 1.807) is 23.0 Å². The first-order chi connectivity index (χ1) is 12.6. The molecule has 8 nitrogen and oxygen atoms in total. The molecule has 0 spiro atoms. The molecule has 0 aliphatic heterocycles. The third-order valence-electron chi connectivity index (χ3n) is 3.87. The zero-order valence-electron chi connectivity index (χ0n) is 13.4. The van der Waals surface area contributed by atoms with Gasteiger partial charge in [0.25, 0.3) is 5.69 Å². The summed E-state index contributed by atoms with van der Waals surface area (Å²) in [7, 11) is 0. The summed E-state index contributed by atoms with van der Waals surface area (Å²) >= 11 is 3.44. The van der Waals surface area contributed by atoms with Crippen LogP contribution in [0.1, 0.15) is 5.56 Å². The monoisotopic (exact) mass is 412 g/mol. The van der Waals surface area contributed by atoms with Gasteiger partial charge in [0.1, 0.15) is 0 Å². The molecular formula is C17H13BrN6O2. The molecular weight excluding hydrogens is 400 g/mol. The van der Waals surface area contributed by atoms with Crippen LogP contribution in [0.15, 0.2) is 59.3 Å². The lowest BCUT2D eigenvalue weighted by molar-refractivity contribution is -0.384. The molecule has 0 aliphatic carbocycles. The summed E-state index contributed by atoms with van der Waals surface area (Å²) in [6.07, 6.45) is 3.61. The fourth-order valence-corrected chi connectivity index (χ4v) is 2.93. The molecule has 0 bridgehead atoms. The van der Waals surface area contributed by atoms with Gasteiger partial charge in [0.2, 0.25) is 5.95 Å². The highest BCUT2D eigenvalue weighted by Crippen LogP contribution is 2.20. The molecule has 2 N–H and O–H groups in total. The number of aromatic nitrogens is 4. The van der Waals surface area contributed by atoms with Crippen molar-refractivity contribution in [1.29, 1.82) is 0 Å². The number of nitrogens with zero attached hydrogens (tertiary/aromatic N) is 4. The number of hydrogen-bond donors (Lipinski definition) is 2. The van der Waals surface area contributed by atoms with Gasteiger partial charge in [0, 0.05) is 34.9 Å². The molecule has 0 saturated heterocycles. The van der Waals surface area contributed by atoms with Gasteiger partial charge < -0.3 is 10.3 Å². The largest absolute Gasteiger partial charge is 0.352 e. The van der Waals surface area contributed by atoms with Gasteiger partial charge in [-0.25, -0.2) is 9.67 Å². The quantitative estimate of drug-likeness (QED) is 0.380. The van der Waals surface area contributed by atoms with Crippen molar-refractivity contribution in [3.05, 3.63) is 75.0 Å². The number of fused-ring (bicyclic) bond motifs is 1. The number of non-ortho nitro benzene ring substituents is 1. The van der Waals surface area contributed by atoms with E-state index in [9.17, 15) is 10.1 Å². The van der Waals surface area contributed by atoms with E-state index in [0.29, 0.717) is 12.5 Å². The number of halogens is 1. The molecule has 0 amide bonds. The molecule has 4 aromatic rings. The second-order valence-corrected chi connectivity index (χ2v) is 6.58. The van der Waals surface area contributed by atoms with Crippen LogP contribution in [0.4, 0.5) is 11.6 Å². The molecule has 2 aromatic carbocycles. The predicted molar refractivity (Wildman–Crippen MR) is 101 cm³/mol. The van der Waals surface area contributed by atoms with Crippen LogP contribution in [-0.2, 0) is 6.54 Å². The molecule has 26 heavy (non-hydrogen) atoms. The van der Waals surface area contributed by atoms with Gasteiger partial charge in [-0.3, -0.25) is 10.1 Å². The number of nitro benzene ring substituents is 1. The maximum atomic E-state index is 10.7.